The van der Waals surface area contributed by atoms with Crippen molar-refractivity contribution in [1.82, 2.24) is 9.80 Å². The van der Waals surface area contributed by atoms with Crippen LogP contribution in [-0.2, 0) is 6.54 Å². The highest BCUT2D eigenvalue weighted by atomic mass is 32.1. The molecule has 1 aliphatic heterocycles. The van der Waals surface area contributed by atoms with Crippen molar-refractivity contribution in [3.63, 3.8) is 0 Å². The van der Waals surface area contributed by atoms with Gasteiger partial charge in [-0.3, -0.25) is 9.69 Å². The van der Waals surface area contributed by atoms with Gasteiger partial charge in [0.25, 0.3) is 5.91 Å². The van der Waals surface area contributed by atoms with Gasteiger partial charge in [0, 0.05) is 54.0 Å². The van der Waals surface area contributed by atoms with Crippen molar-refractivity contribution >= 4 is 17.2 Å². The highest BCUT2D eigenvalue weighted by Crippen LogP contribution is 2.36. The van der Waals surface area contributed by atoms with E-state index in [4.69, 9.17) is 4.74 Å². The zero-order valence-electron chi connectivity index (χ0n) is 21.0. The number of carbonyl (C=O) groups excluding carboxylic acids is 1. The van der Waals surface area contributed by atoms with Gasteiger partial charge in [0.2, 0.25) is 0 Å². The molecule has 186 valence electrons. The van der Waals surface area contributed by atoms with Gasteiger partial charge >= 0.3 is 0 Å². The highest BCUT2D eigenvalue weighted by molar-refractivity contribution is 7.11. The number of hydrogen-bond donors (Lipinski definition) is 0. The first-order valence-electron chi connectivity index (χ1n) is 12.3. The summed E-state index contributed by atoms with van der Waals surface area (Å²) < 4.78 is 18.8. The van der Waals surface area contributed by atoms with Crippen LogP contribution < -0.4 is 4.74 Å². The molecule has 1 amide bonds. The Morgan fingerprint density at radius 3 is 2.40 bits per heavy atom. The summed E-state index contributed by atoms with van der Waals surface area (Å²) in [5.74, 6) is 1.45. The molecule has 0 N–H and O–H groups in total. The lowest BCUT2D eigenvalue weighted by atomic mass is 9.88. The van der Waals surface area contributed by atoms with Crippen LogP contribution in [0.2, 0.25) is 0 Å². The normalized spacial score (nSPS) is 18.2. The Bertz CT molecular complexity index is 1110. The summed E-state index contributed by atoms with van der Waals surface area (Å²) in [7, 11) is 1.68. The first-order chi connectivity index (χ1) is 16.8. The molecule has 6 heteroatoms. The molecule has 0 saturated carbocycles. The summed E-state index contributed by atoms with van der Waals surface area (Å²) in [6.07, 6.45) is 0. The van der Waals surface area contributed by atoms with Gasteiger partial charge in [0.15, 0.2) is 0 Å². The molecular formula is C29H35FN2O2S. The quantitative estimate of drug-likeness (QED) is 0.354. The first-order valence-corrected chi connectivity index (χ1v) is 13.1. The number of rotatable bonds is 9. The molecule has 2 unspecified atom stereocenters. The van der Waals surface area contributed by atoms with Gasteiger partial charge in [-0.2, -0.15) is 0 Å². The van der Waals surface area contributed by atoms with Crippen molar-refractivity contribution in [3.05, 3.63) is 87.4 Å². The molecule has 0 radical (unpaired) electrons. The number of methoxy groups -OCH3 is 1. The van der Waals surface area contributed by atoms with Crippen molar-refractivity contribution in [3.8, 4) is 5.75 Å². The summed E-state index contributed by atoms with van der Waals surface area (Å²) in [6.45, 7) is 10.6. The monoisotopic (exact) mass is 494 g/mol. The number of nitrogens with zero attached hydrogens (tertiary/aromatic N) is 2. The topological polar surface area (TPSA) is 32.8 Å². The highest BCUT2D eigenvalue weighted by Gasteiger charge is 2.36. The number of benzene rings is 2. The Hall–Kier alpha value is -2.70. The van der Waals surface area contributed by atoms with E-state index in [1.807, 2.05) is 28.4 Å². The smallest absolute Gasteiger partial charge is 0.253 e. The summed E-state index contributed by atoms with van der Waals surface area (Å²) in [5, 5.41) is 0. The van der Waals surface area contributed by atoms with Crippen molar-refractivity contribution in [2.75, 3.05) is 33.3 Å². The van der Waals surface area contributed by atoms with Crippen LogP contribution in [0.4, 0.5) is 4.39 Å². The Kier molecular flexibility index (Phi) is 8.24. The van der Waals surface area contributed by atoms with E-state index in [0.29, 0.717) is 36.4 Å². The molecule has 4 rings (SSSR count). The van der Waals surface area contributed by atoms with Crippen molar-refractivity contribution in [2.24, 2.45) is 11.8 Å². The number of halogens is 1. The molecule has 35 heavy (non-hydrogen) atoms. The maximum Gasteiger partial charge on any atom is 0.253 e. The van der Waals surface area contributed by atoms with Crippen LogP contribution in [0.5, 0.6) is 5.75 Å². The Labute approximate surface area is 212 Å². The van der Waals surface area contributed by atoms with Gasteiger partial charge in [-0.15, -0.1) is 11.3 Å². The number of hydrogen-bond acceptors (Lipinski definition) is 4. The molecule has 3 aromatic rings. The Morgan fingerprint density at radius 2 is 1.80 bits per heavy atom. The third-order valence-electron chi connectivity index (χ3n) is 6.65. The van der Waals surface area contributed by atoms with Gasteiger partial charge < -0.3 is 9.64 Å². The van der Waals surface area contributed by atoms with E-state index < -0.39 is 0 Å². The number of amides is 1. The van der Waals surface area contributed by atoms with Gasteiger partial charge in [0.1, 0.15) is 11.6 Å². The minimum atomic E-state index is -0.327. The molecule has 1 aliphatic rings. The maximum absolute atomic E-state index is 13.5. The molecule has 0 spiro atoms. The number of thiophene rings is 1. The fraction of sp³-hybridized carbons (Fsp3) is 0.414. The first kappa shape index (κ1) is 25.4. The molecular weight excluding hydrogens is 459 g/mol. The van der Waals surface area contributed by atoms with Crippen LogP contribution in [0.25, 0.3) is 0 Å². The van der Waals surface area contributed by atoms with E-state index in [2.05, 4.69) is 49.9 Å². The fourth-order valence-electron chi connectivity index (χ4n) is 5.03. The number of ether oxygens (including phenoxy) is 1. The zero-order valence-corrected chi connectivity index (χ0v) is 21.9. The predicted octanol–water partition coefficient (Wildman–Crippen LogP) is 6.22. The van der Waals surface area contributed by atoms with Crippen molar-refractivity contribution in [1.29, 1.82) is 0 Å². The van der Waals surface area contributed by atoms with Gasteiger partial charge in [-0.05, 0) is 72.9 Å². The second kappa shape index (κ2) is 11.4. The predicted molar refractivity (Wildman–Crippen MR) is 141 cm³/mol. The van der Waals surface area contributed by atoms with E-state index in [-0.39, 0.29) is 11.7 Å². The van der Waals surface area contributed by atoms with Gasteiger partial charge in [-0.1, -0.05) is 26.0 Å². The van der Waals surface area contributed by atoms with E-state index in [1.165, 1.54) is 27.5 Å². The van der Waals surface area contributed by atoms with E-state index in [1.54, 1.807) is 19.2 Å². The van der Waals surface area contributed by atoms with Crippen LogP contribution in [0.3, 0.4) is 0 Å². The summed E-state index contributed by atoms with van der Waals surface area (Å²) >= 11 is 1.85. The second-order valence-corrected chi connectivity index (χ2v) is 11.3. The van der Waals surface area contributed by atoms with Crippen LogP contribution in [0, 0.1) is 24.6 Å². The minimum Gasteiger partial charge on any atom is -0.497 e. The van der Waals surface area contributed by atoms with Crippen LogP contribution in [0.15, 0.2) is 60.7 Å². The van der Waals surface area contributed by atoms with Gasteiger partial charge in [-0.25, -0.2) is 4.39 Å². The molecule has 2 heterocycles. The number of aryl methyl sites for hydroxylation is 1. The molecule has 4 nitrogen and oxygen atoms in total. The van der Waals surface area contributed by atoms with Crippen LogP contribution in [0.1, 0.15) is 45.4 Å². The molecule has 2 aromatic carbocycles. The third kappa shape index (κ3) is 6.50. The summed E-state index contributed by atoms with van der Waals surface area (Å²) in [4.78, 5) is 20.6. The molecule has 1 fully saturated rings. The largest absolute Gasteiger partial charge is 0.497 e. The lowest BCUT2D eigenvalue weighted by molar-refractivity contribution is 0.0703. The van der Waals surface area contributed by atoms with E-state index in [0.717, 1.165) is 25.4 Å². The molecule has 1 saturated heterocycles. The third-order valence-corrected chi connectivity index (χ3v) is 7.64. The Balaban J connectivity index is 1.58. The zero-order chi connectivity index (χ0) is 24.9. The van der Waals surface area contributed by atoms with Crippen LogP contribution >= 0.6 is 11.3 Å². The fourth-order valence-corrected chi connectivity index (χ4v) is 5.97. The molecule has 1 aromatic heterocycles. The maximum atomic E-state index is 13.5. The molecule has 2 atom stereocenters. The SMILES string of the molecule is COc1ccc(C2CN(Cc3ccc(C)s3)CC2CN(CC(C)C)C(=O)c2ccc(F)cc2)cc1. The molecule has 0 aliphatic carbocycles. The van der Waals surface area contributed by atoms with Crippen molar-refractivity contribution in [2.45, 2.75) is 33.2 Å². The lowest BCUT2D eigenvalue weighted by Gasteiger charge is -2.30. The van der Waals surface area contributed by atoms with E-state index >= 15 is 0 Å². The number of likely N-dealkylation sites (tertiary alicyclic amines) is 1. The second-order valence-electron chi connectivity index (χ2n) is 9.96. The summed E-state index contributed by atoms with van der Waals surface area (Å²) in [5.41, 5.74) is 1.82. The average molecular weight is 495 g/mol. The minimum absolute atomic E-state index is 0.0282. The number of carbonyl (C=O) groups is 1. The Morgan fingerprint density at radius 1 is 1.09 bits per heavy atom. The lowest BCUT2D eigenvalue weighted by Crippen LogP contribution is -2.39. The molecule has 0 bridgehead atoms. The van der Waals surface area contributed by atoms with Crippen LogP contribution in [-0.4, -0.2) is 49.0 Å². The van der Waals surface area contributed by atoms with Crippen molar-refractivity contribution < 1.29 is 13.9 Å². The summed E-state index contributed by atoms with van der Waals surface area (Å²) in [6, 6.07) is 18.7. The van der Waals surface area contributed by atoms with Gasteiger partial charge in [0.05, 0.1) is 7.11 Å². The average Bonchev–Trinajstić information content (AvgIpc) is 3.44. The van der Waals surface area contributed by atoms with E-state index in [9.17, 15) is 9.18 Å². The standard InChI is InChI=1S/C29H35FN2O2S/c1-20(2)15-32(29(33)23-6-10-25(30)11-7-23)17-24-16-31(18-27-14-5-21(3)35-27)19-28(24)22-8-12-26(34-4)13-9-22/h5-14,20,24,28H,15-19H2,1-4H3.